The van der Waals surface area contributed by atoms with E-state index in [0.29, 0.717) is 12.3 Å². The first-order valence-electron chi connectivity index (χ1n) is 5.81. The lowest BCUT2D eigenvalue weighted by molar-refractivity contribution is 0.275. The Morgan fingerprint density at radius 1 is 1.33 bits per heavy atom. The Kier molecular flexibility index (Phi) is 2.41. The van der Waals surface area contributed by atoms with Crippen molar-refractivity contribution in [2.24, 2.45) is 0 Å². The van der Waals surface area contributed by atoms with Crippen molar-refractivity contribution in [3.63, 3.8) is 0 Å². The van der Waals surface area contributed by atoms with E-state index in [1.807, 2.05) is 35.8 Å². The molecule has 18 heavy (non-hydrogen) atoms. The van der Waals surface area contributed by atoms with Crippen LogP contribution in [0, 0.1) is 6.92 Å². The maximum atomic E-state index is 12.1. The number of aliphatic hydroxyl groups is 1. The fourth-order valence-corrected chi connectivity index (χ4v) is 2.27. The van der Waals surface area contributed by atoms with Crippen LogP contribution < -0.4 is 5.56 Å². The van der Waals surface area contributed by atoms with Gasteiger partial charge in [0.1, 0.15) is 0 Å². The molecule has 1 N–H and O–H groups in total. The smallest absolute Gasteiger partial charge is 0.259 e. The molecule has 0 saturated heterocycles. The third-order valence-electron chi connectivity index (χ3n) is 3.09. The number of hydrogen-bond acceptors (Lipinski definition) is 3. The quantitative estimate of drug-likeness (QED) is 0.729. The lowest BCUT2D eigenvalue weighted by Gasteiger charge is -2.09. The molecule has 0 aliphatic rings. The van der Waals surface area contributed by atoms with Crippen LogP contribution in [-0.4, -0.2) is 25.7 Å². The van der Waals surface area contributed by atoms with Crippen LogP contribution in [0.4, 0.5) is 0 Å². The van der Waals surface area contributed by atoms with Gasteiger partial charge in [-0.1, -0.05) is 12.1 Å². The van der Waals surface area contributed by atoms with Crippen LogP contribution in [0.15, 0.2) is 35.1 Å². The van der Waals surface area contributed by atoms with Gasteiger partial charge in [-0.15, -0.1) is 0 Å². The van der Waals surface area contributed by atoms with Gasteiger partial charge < -0.3 is 9.67 Å². The summed E-state index contributed by atoms with van der Waals surface area (Å²) in [6.45, 7) is 2.29. The lowest BCUT2D eigenvalue weighted by atomic mass is 10.3. The minimum Gasteiger partial charge on any atom is -0.395 e. The van der Waals surface area contributed by atoms with Crippen LogP contribution in [0.3, 0.4) is 0 Å². The van der Waals surface area contributed by atoms with Gasteiger partial charge in [-0.25, -0.2) is 9.38 Å². The molecule has 0 radical (unpaired) electrons. The number of para-hydroxylation sites is 2. The van der Waals surface area contributed by atoms with E-state index in [1.165, 1.54) is 0 Å². The Labute approximate surface area is 103 Å². The van der Waals surface area contributed by atoms with Gasteiger partial charge in [0.05, 0.1) is 17.6 Å². The zero-order chi connectivity index (χ0) is 12.7. The monoisotopic (exact) mass is 243 g/mol. The molecule has 0 unspecified atom stereocenters. The summed E-state index contributed by atoms with van der Waals surface area (Å²) in [5.41, 5.74) is 2.29. The van der Waals surface area contributed by atoms with E-state index in [1.54, 1.807) is 10.5 Å². The summed E-state index contributed by atoms with van der Waals surface area (Å²) in [6, 6.07) is 9.08. The maximum absolute atomic E-state index is 12.1. The molecule has 0 aliphatic carbocycles. The second-order valence-corrected chi connectivity index (χ2v) is 4.24. The fraction of sp³-hybridized carbons (Fsp3) is 0.231. The number of nitrogens with zero attached hydrogens (tertiary/aromatic N) is 3. The van der Waals surface area contributed by atoms with Gasteiger partial charge in [0.25, 0.3) is 5.56 Å². The molecular weight excluding hydrogens is 230 g/mol. The molecule has 0 atom stereocenters. The van der Waals surface area contributed by atoms with E-state index < -0.39 is 0 Å². The highest BCUT2D eigenvalue weighted by Crippen LogP contribution is 2.15. The van der Waals surface area contributed by atoms with Crippen molar-refractivity contribution in [2.45, 2.75) is 13.5 Å². The highest BCUT2D eigenvalue weighted by molar-refractivity contribution is 5.79. The zero-order valence-electron chi connectivity index (χ0n) is 10.00. The maximum Gasteiger partial charge on any atom is 0.259 e. The molecule has 0 saturated carbocycles. The Balaban J connectivity index is 2.53. The van der Waals surface area contributed by atoms with Crippen LogP contribution in [0.5, 0.6) is 0 Å². The Bertz CT molecular complexity index is 786. The highest BCUT2D eigenvalue weighted by atomic mass is 16.3. The number of imidazole rings is 1. The summed E-state index contributed by atoms with van der Waals surface area (Å²) in [5.74, 6) is 0.579. The lowest BCUT2D eigenvalue weighted by Crippen LogP contribution is -2.20. The Morgan fingerprint density at radius 3 is 2.89 bits per heavy atom. The van der Waals surface area contributed by atoms with Gasteiger partial charge in [0.15, 0.2) is 0 Å². The van der Waals surface area contributed by atoms with Crippen LogP contribution in [0.25, 0.3) is 16.8 Å². The van der Waals surface area contributed by atoms with Gasteiger partial charge in [-0.2, -0.15) is 0 Å². The predicted octanol–water partition coefficient (Wildman–Crippen LogP) is 0.950. The average Bonchev–Trinajstić information content (AvgIpc) is 2.73. The van der Waals surface area contributed by atoms with Crippen molar-refractivity contribution in [3.05, 3.63) is 46.4 Å². The van der Waals surface area contributed by atoms with Crippen molar-refractivity contribution >= 4 is 16.8 Å². The predicted molar refractivity (Wildman–Crippen MR) is 68.8 cm³/mol. The fourth-order valence-electron chi connectivity index (χ4n) is 2.27. The van der Waals surface area contributed by atoms with Crippen LogP contribution in [0.1, 0.15) is 5.69 Å². The number of aryl methyl sites for hydroxylation is 1. The van der Waals surface area contributed by atoms with Gasteiger partial charge >= 0.3 is 0 Å². The topological polar surface area (TPSA) is 59.5 Å². The molecule has 0 spiro atoms. The van der Waals surface area contributed by atoms with Crippen molar-refractivity contribution in [1.29, 1.82) is 0 Å². The summed E-state index contributed by atoms with van der Waals surface area (Å²) in [5, 5.41) is 9.11. The second kappa shape index (κ2) is 3.96. The van der Waals surface area contributed by atoms with Crippen molar-refractivity contribution in [1.82, 2.24) is 14.0 Å². The summed E-state index contributed by atoms with van der Waals surface area (Å²) in [7, 11) is 0. The van der Waals surface area contributed by atoms with E-state index in [4.69, 9.17) is 5.11 Å². The largest absolute Gasteiger partial charge is 0.395 e. The standard InChI is InChI=1S/C13H13N3O2/c1-9-8-12(18)16-11-5-3-2-4-10(11)14-13(16)15(9)6-7-17/h2-5,8,17H,6-7H2,1H3. The van der Waals surface area contributed by atoms with E-state index in [2.05, 4.69) is 4.98 Å². The molecule has 0 fully saturated rings. The van der Waals surface area contributed by atoms with Crippen LogP contribution in [-0.2, 0) is 6.54 Å². The molecule has 0 amide bonds. The third kappa shape index (κ3) is 1.44. The molecule has 2 aromatic heterocycles. The molecule has 3 aromatic rings. The first kappa shape index (κ1) is 11.0. The van der Waals surface area contributed by atoms with Crippen molar-refractivity contribution in [2.75, 3.05) is 6.61 Å². The average molecular weight is 243 g/mol. The summed E-state index contributed by atoms with van der Waals surface area (Å²) in [4.78, 5) is 16.5. The van der Waals surface area contributed by atoms with E-state index in [-0.39, 0.29) is 12.2 Å². The third-order valence-corrected chi connectivity index (χ3v) is 3.09. The van der Waals surface area contributed by atoms with Gasteiger partial charge in [0, 0.05) is 18.3 Å². The molecule has 1 aromatic carbocycles. The molecule has 5 nitrogen and oxygen atoms in total. The normalized spacial score (nSPS) is 11.4. The number of fused-ring (bicyclic) bond motifs is 3. The SMILES string of the molecule is Cc1cc(=O)n2c3ccccc3nc2n1CCO. The molecule has 92 valence electrons. The second-order valence-electron chi connectivity index (χ2n) is 4.24. The van der Waals surface area contributed by atoms with Gasteiger partial charge in [0.2, 0.25) is 5.78 Å². The van der Waals surface area contributed by atoms with Crippen molar-refractivity contribution in [3.8, 4) is 0 Å². The molecule has 3 rings (SSSR count). The number of aromatic nitrogens is 3. The highest BCUT2D eigenvalue weighted by Gasteiger charge is 2.11. The minimum absolute atomic E-state index is 0.0164. The molecule has 0 aliphatic heterocycles. The first-order valence-corrected chi connectivity index (χ1v) is 5.81. The molecular formula is C13H13N3O2. The summed E-state index contributed by atoms with van der Waals surface area (Å²) >= 11 is 0. The first-order chi connectivity index (χ1) is 8.72. The van der Waals surface area contributed by atoms with Gasteiger partial charge in [-0.05, 0) is 19.1 Å². The van der Waals surface area contributed by atoms with E-state index in [9.17, 15) is 4.79 Å². The summed E-state index contributed by atoms with van der Waals surface area (Å²) < 4.78 is 3.43. The Hall–Kier alpha value is -2.14. The van der Waals surface area contributed by atoms with Gasteiger partial charge in [-0.3, -0.25) is 4.79 Å². The number of rotatable bonds is 2. The van der Waals surface area contributed by atoms with Crippen LogP contribution >= 0.6 is 0 Å². The molecule has 0 bridgehead atoms. The van der Waals surface area contributed by atoms with Crippen LogP contribution in [0.2, 0.25) is 0 Å². The number of hydrogen-bond donors (Lipinski definition) is 1. The molecule has 5 heteroatoms. The van der Waals surface area contributed by atoms with Crippen molar-refractivity contribution < 1.29 is 5.11 Å². The summed E-state index contributed by atoms with van der Waals surface area (Å²) in [6.07, 6.45) is 0. The number of benzene rings is 1. The van der Waals surface area contributed by atoms with E-state index in [0.717, 1.165) is 16.7 Å². The van der Waals surface area contributed by atoms with E-state index >= 15 is 0 Å². The zero-order valence-corrected chi connectivity index (χ0v) is 10.00. The molecule has 2 heterocycles. The Morgan fingerprint density at radius 2 is 2.11 bits per heavy atom. The minimum atomic E-state index is -0.0922. The number of aliphatic hydroxyl groups excluding tert-OH is 1.